The van der Waals surface area contributed by atoms with E-state index in [9.17, 15) is 9.59 Å². The van der Waals surface area contributed by atoms with Crippen molar-refractivity contribution in [2.45, 2.75) is 32.2 Å². The van der Waals surface area contributed by atoms with Crippen molar-refractivity contribution in [2.24, 2.45) is 0 Å². The Balaban J connectivity index is 3.96. The lowest BCUT2D eigenvalue weighted by Gasteiger charge is -2.14. The highest BCUT2D eigenvalue weighted by atomic mass is 16.5. The third kappa shape index (κ3) is 7.00. The molecule has 0 spiro atoms. The van der Waals surface area contributed by atoms with Crippen molar-refractivity contribution in [2.75, 3.05) is 13.2 Å². The summed E-state index contributed by atoms with van der Waals surface area (Å²) in [6, 6.07) is -0.969. The van der Waals surface area contributed by atoms with Crippen LogP contribution in [-0.2, 0) is 14.3 Å². The van der Waals surface area contributed by atoms with E-state index in [4.69, 9.17) is 9.84 Å². The standard InChI is InChI=1S/C11H19NO4/c1-3-5-6-10(13)12-9(11(14)15)8-16-7-4-2/h3,9H,1,4-8H2,2H3,(H,12,13)(H,14,15)/t9-/m0/s1. The lowest BCUT2D eigenvalue weighted by molar-refractivity contribution is -0.143. The number of rotatable bonds is 9. The van der Waals surface area contributed by atoms with Gasteiger partial charge in [-0.2, -0.15) is 0 Å². The highest BCUT2D eigenvalue weighted by Crippen LogP contribution is 1.93. The van der Waals surface area contributed by atoms with E-state index >= 15 is 0 Å². The Morgan fingerprint density at radius 3 is 2.75 bits per heavy atom. The van der Waals surface area contributed by atoms with Crippen molar-refractivity contribution in [3.05, 3.63) is 12.7 Å². The molecular weight excluding hydrogens is 210 g/mol. The highest BCUT2D eigenvalue weighted by molar-refractivity contribution is 5.83. The quantitative estimate of drug-likeness (QED) is 0.456. The van der Waals surface area contributed by atoms with Crippen molar-refractivity contribution < 1.29 is 19.4 Å². The molecule has 0 aliphatic carbocycles. The zero-order valence-electron chi connectivity index (χ0n) is 9.57. The maximum Gasteiger partial charge on any atom is 0.328 e. The first kappa shape index (κ1) is 14.6. The molecule has 16 heavy (non-hydrogen) atoms. The molecule has 0 fully saturated rings. The van der Waals surface area contributed by atoms with E-state index in [0.29, 0.717) is 13.0 Å². The Morgan fingerprint density at radius 2 is 2.25 bits per heavy atom. The molecular formula is C11H19NO4. The molecule has 2 N–H and O–H groups in total. The van der Waals surface area contributed by atoms with E-state index in [0.717, 1.165) is 6.42 Å². The first-order valence-electron chi connectivity index (χ1n) is 5.32. The van der Waals surface area contributed by atoms with Crippen LogP contribution in [0, 0.1) is 0 Å². The van der Waals surface area contributed by atoms with Crippen LogP contribution in [0.4, 0.5) is 0 Å². The fourth-order valence-electron chi connectivity index (χ4n) is 1.02. The van der Waals surface area contributed by atoms with Crippen molar-refractivity contribution in [1.82, 2.24) is 5.32 Å². The van der Waals surface area contributed by atoms with Gasteiger partial charge in [0, 0.05) is 13.0 Å². The van der Waals surface area contributed by atoms with Crippen molar-refractivity contribution in [1.29, 1.82) is 0 Å². The summed E-state index contributed by atoms with van der Waals surface area (Å²) in [6.45, 7) is 5.91. The van der Waals surface area contributed by atoms with E-state index in [-0.39, 0.29) is 18.9 Å². The molecule has 0 aliphatic heterocycles. The minimum absolute atomic E-state index is 0.00298. The lowest BCUT2D eigenvalue weighted by atomic mass is 10.2. The first-order valence-corrected chi connectivity index (χ1v) is 5.32. The number of amides is 1. The van der Waals surface area contributed by atoms with Crippen LogP contribution in [0.2, 0.25) is 0 Å². The topological polar surface area (TPSA) is 75.6 Å². The van der Waals surface area contributed by atoms with Crippen LogP contribution in [0.3, 0.4) is 0 Å². The lowest BCUT2D eigenvalue weighted by Crippen LogP contribution is -2.44. The summed E-state index contributed by atoms with van der Waals surface area (Å²) in [4.78, 5) is 22.1. The van der Waals surface area contributed by atoms with Crippen LogP contribution in [0.15, 0.2) is 12.7 Å². The first-order chi connectivity index (χ1) is 7.61. The molecule has 0 aliphatic rings. The van der Waals surface area contributed by atoms with Crippen molar-refractivity contribution >= 4 is 11.9 Å². The van der Waals surface area contributed by atoms with Gasteiger partial charge >= 0.3 is 5.97 Å². The van der Waals surface area contributed by atoms with Gasteiger partial charge in [-0.3, -0.25) is 4.79 Å². The number of nitrogens with one attached hydrogen (secondary N) is 1. The summed E-state index contributed by atoms with van der Waals surface area (Å²) in [5.41, 5.74) is 0. The number of hydrogen-bond acceptors (Lipinski definition) is 3. The summed E-state index contributed by atoms with van der Waals surface area (Å²) in [5.74, 6) is -1.38. The van der Waals surface area contributed by atoms with Gasteiger partial charge in [-0.1, -0.05) is 13.0 Å². The van der Waals surface area contributed by atoms with Gasteiger partial charge in [0.1, 0.15) is 0 Å². The summed E-state index contributed by atoms with van der Waals surface area (Å²) in [7, 11) is 0. The summed E-state index contributed by atoms with van der Waals surface area (Å²) < 4.78 is 5.10. The third-order valence-corrected chi connectivity index (χ3v) is 1.84. The third-order valence-electron chi connectivity index (χ3n) is 1.84. The fraction of sp³-hybridized carbons (Fsp3) is 0.636. The van der Waals surface area contributed by atoms with Crippen molar-refractivity contribution in [3.8, 4) is 0 Å². The normalized spacial score (nSPS) is 11.8. The van der Waals surface area contributed by atoms with E-state index in [1.165, 1.54) is 0 Å². The number of carboxylic acid groups (broad SMARTS) is 1. The van der Waals surface area contributed by atoms with Gasteiger partial charge in [0.25, 0.3) is 0 Å². The van der Waals surface area contributed by atoms with Gasteiger partial charge < -0.3 is 15.2 Å². The van der Waals surface area contributed by atoms with E-state index in [1.54, 1.807) is 6.08 Å². The molecule has 0 radical (unpaired) electrons. The maximum absolute atomic E-state index is 11.3. The van der Waals surface area contributed by atoms with Crippen LogP contribution in [0.25, 0.3) is 0 Å². The second-order valence-corrected chi connectivity index (χ2v) is 3.36. The zero-order chi connectivity index (χ0) is 12.4. The summed E-state index contributed by atoms with van der Waals surface area (Å²) >= 11 is 0. The number of aliphatic carboxylic acids is 1. The Morgan fingerprint density at radius 1 is 1.56 bits per heavy atom. The summed E-state index contributed by atoms with van der Waals surface area (Å²) in [6.07, 6.45) is 3.22. The van der Waals surface area contributed by atoms with Crippen LogP contribution in [0.1, 0.15) is 26.2 Å². The van der Waals surface area contributed by atoms with Gasteiger partial charge in [-0.15, -0.1) is 6.58 Å². The number of carboxylic acids is 1. The zero-order valence-corrected chi connectivity index (χ0v) is 9.57. The minimum atomic E-state index is -1.08. The molecule has 5 nitrogen and oxygen atoms in total. The Kier molecular flexibility index (Phi) is 8.15. The van der Waals surface area contributed by atoms with Crippen LogP contribution < -0.4 is 5.32 Å². The van der Waals surface area contributed by atoms with E-state index < -0.39 is 12.0 Å². The number of carbonyl (C=O) groups excluding carboxylic acids is 1. The molecule has 0 aromatic rings. The SMILES string of the molecule is C=CCCC(=O)N[C@@H](COCCC)C(=O)O. The van der Waals surface area contributed by atoms with Crippen LogP contribution >= 0.6 is 0 Å². The molecule has 0 aromatic heterocycles. The van der Waals surface area contributed by atoms with Crippen molar-refractivity contribution in [3.63, 3.8) is 0 Å². The minimum Gasteiger partial charge on any atom is -0.480 e. The monoisotopic (exact) mass is 229 g/mol. The van der Waals surface area contributed by atoms with Gasteiger partial charge in [-0.25, -0.2) is 4.79 Å². The molecule has 0 saturated carbocycles. The van der Waals surface area contributed by atoms with Gasteiger partial charge in [0.05, 0.1) is 6.61 Å². The molecule has 0 unspecified atom stereocenters. The maximum atomic E-state index is 11.3. The number of allylic oxidation sites excluding steroid dienone is 1. The summed E-state index contributed by atoms with van der Waals surface area (Å²) in [5, 5.41) is 11.2. The molecule has 92 valence electrons. The molecule has 5 heteroatoms. The Hall–Kier alpha value is -1.36. The molecule has 1 amide bonds. The smallest absolute Gasteiger partial charge is 0.328 e. The number of hydrogen-bond donors (Lipinski definition) is 2. The second-order valence-electron chi connectivity index (χ2n) is 3.36. The molecule has 0 aromatic carbocycles. The van der Waals surface area contributed by atoms with Crippen LogP contribution in [-0.4, -0.2) is 36.2 Å². The van der Waals surface area contributed by atoms with E-state index in [2.05, 4.69) is 11.9 Å². The molecule has 0 bridgehead atoms. The second kappa shape index (κ2) is 8.91. The van der Waals surface area contributed by atoms with Gasteiger partial charge in [0.15, 0.2) is 6.04 Å². The number of ether oxygens (including phenoxy) is 1. The largest absolute Gasteiger partial charge is 0.480 e. The van der Waals surface area contributed by atoms with Gasteiger partial charge in [0.2, 0.25) is 5.91 Å². The predicted octanol–water partition coefficient (Wildman–Crippen LogP) is 0.949. The highest BCUT2D eigenvalue weighted by Gasteiger charge is 2.19. The average molecular weight is 229 g/mol. The molecule has 0 rings (SSSR count). The fourth-order valence-corrected chi connectivity index (χ4v) is 1.02. The predicted molar refractivity (Wildman–Crippen MR) is 60.1 cm³/mol. The Bertz CT molecular complexity index is 240. The Labute approximate surface area is 95.5 Å². The molecule has 0 saturated heterocycles. The molecule has 1 atom stereocenters. The van der Waals surface area contributed by atoms with E-state index in [1.807, 2.05) is 6.92 Å². The number of carbonyl (C=O) groups is 2. The molecule has 0 heterocycles. The average Bonchev–Trinajstić information content (AvgIpc) is 2.25. The van der Waals surface area contributed by atoms with Gasteiger partial charge in [-0.05, 0) is 12.8 Å². The van der Waals surface area contributed by atoms with Crippen LogP contribution in [0.5, 0.6) is 0 Å².